The number of piperidine rings is 8. The summed E-state index contributed by atoms with van der Waals surface area (Å²) >= 11 is 0. The molecule has 12 aliphatic rings. The summed E-state index contributed by atoms with van der Waals surface area (Å²) in [4.78, 5) is 170. The van der Waals surface area contributed by atoms with E-state index in [1.54, 1.807) is 43.9 Å². The Kier molecular flexibility index (Phi) is 36.2. The number of aliphatic hydroxyl groups excluding tert-OH is 4. The molecule has 0 aromatic heterocycles. The standard InChI is InChI=1S/3C26H29N3O4.C18H21N3O3.C8H8O2.3CH4.ClH/c3*30-16-23(18-4-2-1-3-5-18)28-12-10-17(11-13-28)19-6-7-21-20(14-19)15-29(26(21)33)22-8-9-24(31)27-25(22)32;22-16-4-3-15(17(23)20-16)21-10-13-9-12(1-2-14(13)18(21)24)11-5-7-19-8-6-11;9-6-8(10)7-4-2-1-3-5-7;;;;/h3*1-7,14,17,22-23,30H,8-13,15-16H2,(H,27,31,32);1-2,9,11,15,19H,3-8,10H2,(H,20,22,23);1-5,9H,6H2;3*1H4;1H/t2*22?,23-;;;;;;;/m10......./s1. The predicted molar refractivity (Wildman–Crippen MR) is 520 cm³/mol. The van der Waals surface area contributed by atoms with Crippen LogP contribution in [0.25, 0.3) is 0 Å². The van der Waals surface area contributed by atoms with Gasteiger partial charge in [-0.25, -0.2) is 0 Å². The Bertz CT molecular complexity index is 5240. The Balaban J connectivity index is 0.000000158. The number of nitrogens with one attached hydrogen (secondary N) is 5. The number of rotatable bonds is 19. The Morgan fingerprint density at radius 2 is 0.540 bits per heavy atom. The Morgan fingerprint density at radius 3 is 0.766 bits per heavy atom. The van der Waals surface area contributed by atoms with E-state index in [1.165, 1.54) is 22.3 Å². The summed E-state index contributed by atoms with van der Waals surface area (Å²) in [5, 5.41) is 51.2. The van der Waals surface area contributed by atoms with Crippen molar-refractivity contribution in [3.63, 3.8) is 0 Å². The van der Waals surface area contributed by atoms with E-state index in [1.807, 2.05) is 103 Å². The van der Waals surface area contributed by atoms with Crippen LogP contribution in [0.1, 0.15) is 280 Å². The lowest BCUT2D eigenvalue weighted by Gasteiger charge is -2.37. The molecular weight excluding hydrogens is 1760 g/mol. The van der Waals surface area contributed by atoms with Crippen molar-refractivity contribution in [3.8, 4) is 0 Å². The van der Waals surface area contributed by atoms with Crippen LogP contribution in [0.3, 0.4) is 0 Å². The highest BCUT2D eigenvalue weighted by molar-refractivity contribution is 6.09. The second kappa shape index (κ2) is 47.7. The number of likely N-dealkylation sites (tertiary alicyclic amines) is 3. The lowest BCUT2D eigenvalue weighted by molar-refractivity contribution is -0.138. The first kappa shape index (κ1) is 104. The number of hydrogen-bond acceptors (Lipinski definition) is 21. The van der Waals surface area contributed by atoms with Crippen LogP contribution < -0.4 is 26.6 Å². The van der Waals surface area contributed by atoms with Gasteiger partial charge in [0.1, 0.15) is 30.8 Å². The number of halogens is 1. The fourth-order valence-corrected chi connectivity index (χ4v) is 21.2. The number of hydrogen-bond donors (Lipinski definition) is 9. The molecule has 0 spiro atoms. The third-order valence-electron chi connectivity index (χ3n) is 28.6. The number of carbonyl (C=O) groups excluding carboxylic acids is 13. The highest BCUT2D eigenvalue weighted by Crippen LogP contribution is 2.42. The van der Waals surface area contributed by atoms with E-state index in [2.05, 4.69) is 108 Å². The molecule has 30 heteroatoms. The van der Waals surface area contributed by atoms with Gasteiger partial charge in [0.15, 0.2) is 5.78 Å². The zero-order chi connectivity index (χ0) is 92.9. The van der Waals surface area contributed by atoms with Crippen LogP contribution in [-0.2, 0) is 64.5 Å². The van der Waals surface area contributed by atoms with E-state index in [0.717, 1.165) is 143 Å². The van der Waals surface area contributed by atoms with Gasteiger partial charge in [-0.3, -0.25) is 98.3 Å². The number of amides is 12. The van der Waals surface area contributed by atoms with Crippen molar-refractivity contribution >= 4 is 89.1 Å². The van der Waals surface area contributed by atoms with Crippen LogP contribution >= 0.6 is 12.4 Å². The van der Waals surface area contributed by atoms with Crippen molar-refractivity contribution in [1.29, 1.82) is 0 Å². The molecule has 0 saturated carbocycles. The first-order valence-corrected chi connectivity index (χ1v) is 46.8. The topological polar surface area (TPSA) is 386 Å². The number of Topliss-reactive ketones (excluding diaryl/α,β-unsaturated/α-hetero) is 1. The second-order valence-corrected chi connectivity index (χ2v) is 36.5. The monoisotopic (exact) mass is 1890 g/mol. The largest absolute Gasteiger partial charge is 0.394 e. The summed E-state index contributed by atoms with van der Waals surface area (Å²) in [5.74, 6) is -1.54. The molecule has 29 nitrogen and oxygen atoms in total. The molecule has 8 aromatic carbocycles. The van der Waals surface area contributed by atoms with Crippen LogP contribution in [0.4, 0.5) is 0 Å². The molecule has 0 bridgehead atoms. The summed E-state index contributed by atoms with van der Waals surface area (Å²) in [6.07, 6.45) is 10.8. The maximum Gasteiger partial charge on any atom is 0.255 e. The molecule has 9 N–H and O–H groups in total. The van der Waals surface area contributed by atoms with Crippen LogP contribution in [-0.4, -0.2) is 234 Å². The lowest BCUT2D eigenvalue weighted by atomic mass is 9.87. The molecule has 137 heavy (non-hydrogen) atoms. The average molecular weight is 1890 g/mol. The second-order valence-electron chi connectivity index (χ2n) is 36.5. The third kappa shape index (κ3) is 23.8. The molecule has 12 heterocycles. The number of imide groups is 4. The molecule has 0 aliphatic carbocycles. The third-order valence-corrected chi connectivity index (χ3v) is 28.6. The minimum absolute atomic E-state index is 0. The molecule has 8 saturated heterocycles. The molecule has 20 rings (SSSR count). The zero-order valence-corrected chi connectivity index (χ0v) is 75.9. The van der Waals surface area contributed by atoms with E-state index in [4.69, 9.17) is 5.11 Å². The van der Waals surface area contributed by atoms with Gasteiger partial charge in [0.05, 0.1) is 37.9 Å². The van der Waals surface area contributed by atoms with Crippen LogP contribution in [0, 0.1) is 0 Å². The summed E-state index contributed by atoms with van der Waals surface area (Å²) in [6.45, 7) is 9.08. The van der Waals surface area contributed by atoms with Crippen molar-refractivity contribution in [3.05, 3.63) is 283 Å². The number of carbonyl (C=O) groups is 13. The minimum Gasteiger partial charge on any atom is -0.394 e. The van der Waals surface area contributed by atoms with Gasteiger partial charge < -0.3 is 45.3 Å². The summed E-state index contributed by atoms with van der Waals surface area (Å²) < 4.78 is 0. The molecule has 8 fully saturated rings. The molecule has 7 atom stereocenters. The first-order chi connectivity index (χ1) is 64.6. The van der Waals surface area contributed by atoms with Gasteiger partial charge in [-0.05, 0) is 239 Å². The van der Waals surface area contributed by atoms with Crippen molar-refractivity contribution in [2.24, 2.45) is 0 Å². The molecule has 12 amide bonds. The molecule has 5 unspecified atom stereocenters. The number of nitrogens with zero attached hydrogens (tertiary/aromatic N) is 7. The van der Waals surface area contributed by atoms with E-state index >= 15 is 0 Å². The van der Waals surface area contributed by atoms with E-state index in [9.17, 15) is 77.6 Å². The van der Waals surface area contributed by atoms with Gasteiger partial charge in [-0.2, -0.15) is 0 Å². The van der Waals surface area contributed by atoms with Crippen molar-refractivity contribution in [1.82, 2.24) is 60.9 Å². The lowest BCUT2D eigenvalue weighted by Crippen LogP contribution is -2.52. The average Bonchev–Trinajstić information content (AvgIpc) is 1.64. The Labute approximate surface area is 807 Å². The number of ketones is 1. The quantitative estimate of drug-likeness (QED) is 0.0268. The van der Waals surface area contributed by atoms with Gasteiger partial charge in [0, 0.05) is 79.7 Å². The van der Waals surface area contributed by atoms with E-state index < -0.39 is 30.8 Å². The van der Waals surface area contributed by atoms with Crippen LogP contribution in [0.5, 0.6) is 0 Å². The van der Waals surface area contributed by atoms with Gasteiger partial charge in [0.2, 0.25) is 47.3 Å². The van der Waals surface area contributed by atoms with Gasteiger partial charge >= 0.3 is 0 Å². The van der Waals surface area contributed by atoms with Gasteiger partial charge in [-0.1, -0.05) is 192 Å². The molecule has 0 radical (unpaired) electrons. The number of fused-ring (bicyclic) bond motifs is 4. The smallest absolute Gasteiger partial charge is 0.255 e. The van der Waals surface area contributed by atoms with E-state index in [-0.39, 0.29) is 175 Å². The maximum absolute atomic E-state index is 12.9. The van der Waals surface area contributed by atoms with Gasteiger partial charge in [-0.15, -0.1) is 12.4 Å². The van der Waals surface area contributed by atoms with Crippen LogP contribution in [0.2, 0.25) is 0 Å². The first-order valence-electron chi connectivity index (χ1n) is 46.8. The SMILES string of the molecule is C.C.C.Cl.O=C(CO)c1ccccc1.O=C1CCC(N2Cc3cc(C4CCN(C(CO)c5ccccc5)CC4)ccc3C2=O)C(=O)N1.O=C1CCC(N2Cc3cc(C4CCN([C@@H](CO)c5ccccc5)CC4)ccc3C2=O)C(=O)N1.O=C1CCC(N2Cc3cc(C4CCN([C@H](CO)c5ccccc5)CC4)ccc3C2=O)C(=O)N1.O=C1CCC(N2Cc3cc(C4CCNCC4)ccc3C2=O)C(=O)N1. The Hall–Kier alpha value is -12.2. The number of aliphatic hydroxyl groups is 4. The fourth-order valence-electron chi connectivity index (χ4n) is 21.2. The van der Waals surface area contributed by atoms with Crippen molar-refractivity contribution in [2.75, 3.05) is 78.8 Å². The molecular formula is C107H129ClN12O17. The van der Waals surface area contributed by atoms with Crippen molar-refractivity contribution < 1.29 is 82.8 Å². The van der Waals surface area contributed by atoms with E-state index in [0.29, 0.717) is 103 Å². The zero-order valence-electron chi connectivity index (χ0n) is 75.1. The summed E-state index contributed by atoms with van der Waals surface area (Å²) in [7, 11) is 0. The molecule has 12 aliphatic heterocycles. The van der Waals surface area contributed by atoms with Crippen LogP contribution in [0.15, 0.2) is 194 Å². The minimum atomic E-state index is -0.581. The highest BCUT2D eigenvalue weighted by atomic mass is 35.5. The van der Waals surface area contributed by atoms with Crippen molar-refractivity contribution in [2.45, 2.75) is 217 Å². The molecule has 8 aromatic rings. The normalized spacial score (nSPS) is 21.6. The van der Waals surface area contributed by atoms with Gasteiger partial charge in [0.25, 0.3) is 23.6 Å². The highest BCUT2D eigenvalue weighted by Gasteiger charge is 2.45. The maximum atomic E-state index is 12.9. The Morgan fingerprint density at radius 1 is 0.307 bits per heavy atom. The summed E-state index contributed by atoms with van der Waals surface area (Å²) in [5.41, 5.74) is 15.5. The fraction of sp³-hybridized carbons (Fsp3) is 0.430. The molecule has 726 valence electrons. The summed E-state index contributed by atoms with van der Waals surface area (Å²) in [6, 6.07) is 61.2. The number of benzene rings is 8. The predicted octanol–water partition coefficient (Wildman–Crippen LogP) is 11.2.